The first kappa shape index (κ1) is 33.3. The van der Waals surface area contributed by atoms with Crippen molar-refractivity contribution >= 4 is 50.7 Å². The Morgan fingerprint density at radius 3 is 2.20 bits per heavy atom. The summed E-state index contributed by atoms with van der Waals surface area (Å²) in [5.74, 6) is -1.48. The van der Waals surface area contributed by atoms with E-state index >= 15 is 0 Å². The van der Waals surface area contributed by atoms with E-state index in [2.05, 4.69) is 5.32 Å². The lowest BCUT2D eigenvalue weighted by Crippen LogP contribution is -2.57. The predicted molar refractivity (Wildman–Crippen MR) is 175 cm³/mol. The molecule has 14 nitrogen and oxygen atoms in total. The van der Waals surface area contributed by atoms with Gasteiger partial charge < -0.3 is 28.8 Å². The van der Waals surface area contributed by atoms with Crippen molar-refractivity contribution in [2.24, 2.45) is 0 Å². The second-order valence-electron chi connectivity index (χ2n) is 11.5. The van der Waals surface area contributed by atoms with Crippen molar-refractivity contribution < 1.29 is 46.5 Å². The quantitative estimate of drug-likeness (QED) is 0.214. The molecule has 4 aromatic rings. The lowest BCUT2D eigenvalue weighted by atomic mass is 9.86. The maximum Gasteiger partial charge on any atom is 0.412 e. The van der Waals surface area contributed by atoms with E-state index < -0.39 is 57.9 Å². The minimum absolute atomic E-state index is 0.0280. The molecule has 4 atom stereocenters. The van der Waals surface area contributed by atoms with Gasteiger partial charge >= 0.3 is 24.1 Å². The van der Waals surface area contributed by atoms with Gasteiger partial charge in [-0.15, -0.1) is 0 Å². The normalized spacial score (nSPS) is 20.2. The molecule has 3 aromatic carbocycles. The number of para-hydroxylation sites is 2. The third-order valence-corrected chi connectivity index (χ3v) is 10.9. The summed E-state index contributed by atoms with van der Waals surface area (Å²) in [7, 11) is 0.331. The first-order valence-corrected chi connectivity index (χ1v) is 16.6. The fourth-order valence-corrected chi connectivity index (χ4v) is 8.79. The van der Waals surface area contributed by atoms with Crippen LogP contribution < -0.4 is 9.62 Å². The van der Waals surface area contributed by atoms with E-state index in [9.17, 15) is 27.6 Å². The number of nitrogens with one attached hydrogen (secondary N) is 1. The van der Waals surface area contributed by atoms with Crippen molar-refractivity contribution in [1.82, 2.24) is 14.8 Å². The number of carbonyl (C=O) groups is 4. The monoisotopic (exact) mass is 690 g/mol. The van der Waals surface area contributed by atoms with Crippen LogP contribution in [0.4, 0.5) is 15.3 Å². The molecule has 0 spiro atoms. The van der Waals surface area contributed by atoms with E-state index in [1.54, 1.807) is 60.8 Å². The molecule has 2 aliphatic rings. The molecule has 3 heterocycles. The van der Waals surface area contributed by atoms with Crippen LogP contribution in [0.1, 0.15) is 17.5 Å². The van der Waals surface area contributed by atoms with Gasteiger partial charge in [0.25, 0.3) is 10.0 Å². The number of hydrogen-bond acceptors (Lipinski definition) is 10. The summed E-state index contributed by atoms with van der Waals surface area (Å²) in [4.78, 5) is 53.3. The summed E-state index contributed by atoms with van der Waals surface area (Å²) in [5.41, 5.74) is 0.577. The molecule has 1 saturated heterocycles. The van der Waals surface area contributed by atoms with Crippen LogP contribution in [0.5, 0.6) is 0 Å². The first-order chi connectivity index (χ1) is 23.5. The van der Waals surface area contributed by atoms with E-state index in [4.69, 9.17) is 18.9 Å². The summed E-state index contributed by atoms with van der Waals surface area (Å²) in [5, 5.41) is 3.18. The topological polar surface area (TPSA) is 163 Å². The smallest absolute Gasteiger partial charge is 0.412 e. The van der Waals surface area contributed by atoms with Gasteiger partial charge in [0, 0.05) is 35.5 Å². The number of benzene rings is 3. The molecule has 1 aromatic heterocycles. The van der Waals surface area contributed by atoms with E-state index in [-0.39, 0.29) is 17.7 Å². The fraction of sp³-hybridized carbons (Fsp3) is 0.294. The van der Waals surface area contributed by atoms with E-state index in [0.717, 1.165) is 12.0 Å². The molecule has 0 saturated carbocycles. The molecule has 0 aliphatic carbocycles. The number of hydrogen-bond donors (Lipinski definition) is 1. The standard InChI is InChI=1S/C34H34N4O10S/c1-45-29(39)25(35-32(41)47-3)18-21-20-36(26-16-10-8-14-23(21)26)34-19-28(30(40)46-2)37(33(42)48-4)31(34)38(27-17-11-9-15-24(27)34)49(43,44)22-12-6-5-7-13-22/h5-17,20,25,28,31H,18-19H2,1-4H3,(H,35,41)/t25-,28-,31-,34-/m0/s1. The van der Waals surface area contributed by atoms with Crippen molar-refractivity contribution in [3.8, 4) is 0 Å². The van der Waals surface area contributed by atoms with Gasteiger partial charge in [-0.3, -0.25) is 4.90 Å². The van der Waals surface area contributed by atoms with E-state index in [1.807, 2.05) is 16.7 Å². The Morgan fingerprint density at radius 1 is 0.857 bits per heavy atom. The van der Waals surface area contributed by atoms with E-state index in [0.29, 0.717) is 27.7 Å². The Hall–Kier alpha value is -5.57. The number of esters is 2. The number of ether oxygens (including phenoxy) is 4. The van der Waals surface area contributed by atoms with Crippen LogP contribution in [0.2, 0.25) is 0 Å². The van der Waals surface area contributed by atoms with Crippen LogP contribution in [0.15, 0.2) is 90.0 Å². The highest BCUT2D eigenvalue weighted by atomic mass is 32.2. The van der Waals surface area contributed by atoms with Crippen molar-refractivity contribution in [3.63, 3.8) is 0 Å². The van der Waals surface area contributed by atoms with Gasteiger partial charge in [0.15, 0.2) is 6.17 Å². The average molecular weight is 691 g/mol. The zero-order chi connectivity index (χ0) is 35.1. The average Bonchev–Trinajstić information content (AvgIpc) is 3.76. The van der Waals surface area contributed by atoms with Crippen molar-refractivity contribution in [1.29, 1.82) is 0 Å². The highest BCUT2D eigenvalue weighted by Gasteiger charge is 2.68. The van der Waals surface area contributed by atoms with Gasteiger partial charge in [-0.05, 0) is 29.8 Å². The van der Waals surface area contributed by atoms with Crippen LogP contribution in [0.25, 0.3) is 10.9 Å². The molecule has 2 aliphatic heterocycles. The van der Waals surface area contributed by atoms with Crippen LogP contribution in [0, 0.1) is 0 Å². The Balaban J connectivity index is 1.66. The lowest BCUT2D eigenvalue weighted by Gasteiger charge is -2.38. The van der Waals surface area contributed by atoms with Crippen molar-refractivity contribution in [2.45, 2.75) is 41.5 Å². The van der Waals surface area contributed by atoms with E-state index in [1.165, 1.54) is 37.8 Å². The highest BCUT2D eigenvalue weighted by molar-refractivity contribution is 7.92. The number of aromatic nitrogens is 1. The first-order valence-electron chi connectivity index (χ1n) is 15.2. The number of nitrogens with zero attached hydrogens (tertiary/aromatic N) is 3. The Bertz CT molecular complexity index is 2050. The third-order valence-electron chi connectivity index (χ3n) is 9.13. The zero-order valence-corrected chi connectivity index (χ0v) is 27.9. The summed E-state index contributed by atoms with van der Waals surface area (Å²) < 4.78 is 52.4. The molecular formula is C34H34N4O10S. The van der Waals surface area contributed by atoms with Gasteiger partial charge in [0.1, 0.15) is 17.6 Å². The van der Waals surface area contributed by atoms with Gasteiger partial charge in [-0.1, -0.05) is 54.6 Å². The largest absolute Gasteiger partial charge is 0.467 e. The Morgan fingerprint density at radius 2 is 1.53 bits per heavy atom. The number of methoxy groups -OCH3 is 4. The minimum atomic E-state index is -4.38. The van der Waals surface area contributed by atoms with Gasteiger partial charge in [0.2, 0.25) is 0 Å². The molecule has 1 N–H and O–H groups in total. The number of amides is 2. The summed E-state index contributed by atoms with van der Waals surface area (Å²) in [6.07, 6.45) is -1.53. The maximum atomic E-state index is 14.7. The highest BCUT2D eigenvalue weighted by Crippen LogP contribution is 2.57. The molecule has 6 rings (SSSR count). The molecule has 0 unspecified atom stereocenters. The second-order valence-corrected chi connectivity index (χ2v) is 13.3. The van der Waals surface area contributed by atoms with Crippen LogP contribution in [-0.4, -0.2) is 88.7 Å². The lowest BCUT2D eigenvalue weighted by molar-refractivity contribution is -0.145. The molecule has 15 heteroatoms. The van der Waals surface area contributed by atoms with Crippen molar-refractivity contribution in [3.05, 3.63) is 96.2 Å². The third kappa shape index (κ3) is 5.21. The van der Waals surface area contributed by atoms with Crippen molar-refractivity contribution in [2.75, 3.05) is 32.7 Å². The fourth-order valence-electron chi connectivity index (χ4n) is 7.10. The van der Waals surface area contributed by atoms with Gasteiger partial charge in [-0.25, -0.2) is 31.9 Å². The zero-order valence-electron chi connectivity index (χ0n) is 27.1. The summed E-state index contributed by atoms with van der Waals surface area (Å²) in [6, 6.07) is 19.5. The molecule has 2 amide bonds. The van der Waals surface area contributed by atoms with Gasteiger partial charge in [-0.2, -0.15) is 0 Å². The number of fused-ring (bicyclic) bond motifs is 4. The molecular weight excluding hydrogens is 656 g/mol. The minimum Gasteiger partial charge on any atom is -0.467 e. The number of rotatable bonds is 8. The Kier molecular flexibility index (Phi) is 8.71. The number of alkyl carbamates (subject to hydrolysis) is 1. The molecule has 49 heavy (non-hydrogen) atoms. The molecule has 1 fully saturated rings. The van der Waals surface area contributed by atoms with Crippen LogP contribution in [-0.2, 0) is 50.5 Å². The van der Waals surface area contributed by atoms with Crippen LogP contribution in [0.3, 0.4) is 0 Å². The summed E-state index contributed by atoms with van der Waals surface area (Å²) in [6.45, 7) is 0. The molecule has 0 bridgehead atoms. The maximum absolute atomic E-state index is 14.7. The predicted octanol–water partition coefficient (Wildman–Crippen LogP) is 3.37. The SMILES string of the molecule is COC(=O)N[C@@H](Cc1cn([C@]23C[C@@H](C(=O)OC)N(C(=O)OC)[C@H]2N(S(=O)(=O)c2ccccc2)c2ccccc23)c2ccccc12)C(=O)OC. The number of sulfonamides is 1. The summed E-state index contributed by atoms with van der Waals surface area (Å²) >= 11 is 0. The number of anilines is 1. The number of carbonyl (C=O) groups excluding carboxylic acids is 4. The van der Waals surface area contributed by atoms with Crippen LogP contribution >= 0.6 is 0 Å². The Labute approximate surface area is 282 Å². The second kappa shape index (κ2) is 12.8. The molecule has 0 radical (unpaired) electrons. The number of likely N-dealkylation sites (tertiary alicyclic amines) is 1. The molecule has 256 valence electrons. The van der Waals surface area contributed by atoms with Gasteiger partial charge in [0.05, 0.1) is 39.0 Å².